The van der Waals surface area contributed by atoms with Gasteiger partial charge in [-0.3, -0.25) is 4.79 Å². The van der Waals surface area contributed by atoms with Crippen LogP contribution < -0.4 is 0 Å². The van der Waals surface area contributed by atoms with E-state index >= 15 is 0 Å². The molecule has 0 amide bonds. The molecule has 1 aromatic carbocycles. The summed E-state index contributed by atoms with van der Waals surface area (Å²) in [6.07, 6.45) is 2.49. The van der Waals surface area contributed by atoms with Crippen LogP contribution in [0.3, 0.4) is 0 Å². The molecule has 1 aliphatic rings. The lowest BCUT2D eigenvalue weighted by Gasteiger charge is -2.14. The molecule has 2 nitrogen and oxygen atoms in total. The minimum Gasteiger partial charge on any atom is -0.370 e. The molecule has 0 saturated heterocycles. The number of hydrogen-bond acceptors (Lipinski definition) is 2. The third-order valence-corrected chi connectivity index (χ3v) is 3.26. The van der Waals surface area contributed by atoms with Gasteiger partial charge >= 0.3 is 0 Å². The molecule has 0 radical (unpaired) electrons. The molecule has 2 rings (SSSR count). The van der Waals surface area contributed by atoms with Crippen molar-refractivity contribution in [2.45, 2.75) is 32.3 Å². The Morgan fingerprint density at radius 2 is 2.06 bits per heavy atom. The highest BCUT2D eigenvalue weighted by Gasteiger charge is 2.36. The largest absolute Gasteiger partial charge is 0.370 e. The molecule has 1 atom stereocenters. The minimum atomic E-state index is -0.198. The van der Waals surface area contributed by atoms with Crippen LogP contribution in [0, 0.1) is 5.92 Å². The van der Waals surface area contributed by atoms with E-state index in [1.54, 1.807) is 0 Å². The fourth-order valence-electron chi connectivity index (χ4n) is 1.97. The maximum absolute atomic E-state index is 12.1. The van der Waals surface area contributed by atoms with E-state index in [-0.39, 0.29) is 11.9 Å². The van der Waals surface area contributed by atoms with Crippen molar-refractivity contribution < 1.29 is 9.53 Å². The van der Waals surface area contributed by atoms with Crippen LogP contribution >= 0.6 is 11.6 Å². The molecule has 1 aliphatic carbocycles. The zero-order valence-corrected chi connectivity index (χ0v) is 10.7. The van der Waals surface area contributed by atoms with Gasteiger partial charge in [-0.2, -0.15) is 0 Å². The summed E-state index contributed by atoms with van der Waals surface area (Å²) in [7, 11) is 0. The zero-order chi connectivity index (χ0) is 12.3. The van der Waals surface area contributed by atoms with E-state index in [1.165, 1.54) is 0 Å². The summed E-state index contributed by atoms with van der Waals surface area (Å²) in [6.45, 7) is 2.54. The molecule has 1 saturated carbocycles. The van der Waals surface area contributed by atoms with Crippen LogP contribution in [0.15, 0.2) is 24.3 Å². The summed E-state index contributed by atoms with van der Waals surface area (Å²) in [5.41, 5.74) is 1.00. The second-order valence-corrected chi connectivity index (χ2v) is 4.92. The van der Waals surface area contributed by atoms with E-state index in [2.05, 4.69) is 0 Å². The molecule has 0 aliphatic heterocycles. The van der Waals surface area contributed by atoms with Gasteiger partial charge in [0.2, 0.25) is 0 Å². The second-order valence-electron chi connectivity index (χ2n) is 4.48. The standard InChI is InChI=1S/C14H17ClO2/c1-2-17-14(11-5-6-11)13(16)9-10-3-7-12(15)8-4-10/h3-4,7-8,11,14H,2,5-6,9H2,1H3. The topological polar surface area (TPSA) is 26.3 Å². The third-order valence-electron chi connectivity index (χ3n) is 3.01. The summed E-state index contributed by atoms with van der Waals surface area (Å²) in [5, 5.41) is 0.699. The highest BCUT2D eigenvalue weighted by atomic mass is 35.5. The smallest absolute Gasteiger partial charge is 0.166 e. The molecule has 0 aromatic heterocycles. The van der Waals surface area contributed by atoms with Gasteiger partial charge in [-0.1, -0.05) is 23.7 Å². The monoisotopic (exact) mass is 252 g/mol. The summed E-state index contributed by atoms with van der Waals surface area (Å²) >= 11 is 5.81. The number of ketones is 1. The Morgan fingerprint density at radius 3 is 2.59 bits per heavy atom. The lowest BCUT2D eigenvalue weighted by Crippen LogP contribution is -2.28. The molecule has 1 fully saturated rings. The number of benzene rings is 1. The van der Waals surface area contributed by atoms with Crippen molar-refractivity contribution >= 4 is 17.4 Å². The van der Waals surface area contributed by atoms with E-state index in [4.69, 9.17) is 16.3 Å². The summed E-state index contributed by atoms with van der Waals surface area (Å²) < 4.78 is 5.55. The number of rotatable bonds is 6. The van der Waals surface area contributed by atoms with Gasteiger partial charge in [-0.05, 0) is 43.4 Å². The van der Waals surface area contributed by atoms with Gasteiger partial charge in [0.05, 0.1) is 0 Å². The van der Waals surface area contributed by atoms with Crippen molar-refractivity contribution in [2.24, 2.45) is 5.92 Å². The van der Waals surface area contributed by atoms with Gasteiger partial charge in [-0.15, -0.1) is 0 Å². The molecule has 1 unspecified atom stereocenters. The molecule has 17 heavy (non-hydrogen) atoms. The van der Waals surface area contributed by atoms with Crippen molar-refractivity contribution in [1.29, 1.82) is 0 Å². The third kappa shape index (κ3) is 3.55. The Hall–Kier alpha value is -0.860. The fraction of sp³-hybridized carbons (Fsp3) is 0.500. The number of ether oxygens (including phenoxy) is 1. The predicted molar refractivity (Wildman–Crippen MR) is 68.3 cm³/mol. The van der Waals surface area contributed by atoms with Crippen molar-refractivity contribution in [1.82, 2.24) is 0 Å². The minimum absolute atomic E-state index is 0.191. The molecule has 1 aromatic rings. The first-order valence-corrected chi connectivity index (χ1v) is 6.47. The van der Waals surface area contributed by atoms with Gasteiger partial charge in [0.15, 0.2) is 5.78 Å². The van der Waals surface area contributed by atoms with Gasteiger partial charge in [-0.25, -0.2) is 0 Å². The summed E-state index contributed by atoms with van der Waals surface area (Å²) in [5.74, 6) is 0.645. The number of hydrogen-bond donors (Lipinski definition) is 0. The molecule has 0 heterocycles. The van der Waals surface area contributed by atoms with Gasteiger partial charge in [0, 0.05) is 18.1 Å². The maximum atomic E-state index is 12.1. The highest BCUT2D eigenvalue weighted by Crippen LogP contribution is 2.35. The second kappa shape index (κ2) is 5.65. The van der Waals surface area contributed by atoms with Crippen LogP contribution in [0.1, 0.15) is 25.3 Å². The quantitative estimate of drug-likeness (QED) is 0.777. The average Bonchev–Trinajstić information content (AvgIpc) is 3.13. The average molecular weight is 253 g/mol. The lowest BCUT2D eigenvalue weighted by molar-refractivity contribution is -0.130. The Labute approximate surface area is 107 Å². The number of carbonyl (C=O) groups is 1. The Balaban J connectivity index is 1.96. The first kappa shape index (κ1) is 12.6. The molecule has 92 valence electrons. The number of Topliss-reactive ketones (excluding diaryl/α,β-unsaturated/α-hetero) is 1. The van der Waals surface area contributed by atoms with Gasteiger partial charge < -0.3 is 4.74 Å². The SMILES string of the molecule is CCOC(C(=O)Cc1ccc(Cl)cc1)C1CC1. The van der Waals surface area contributed by atoms with Crippen molar-refractivity contribution in [3.63, 3.8) is 0 Å². The van der Waals surface area contributed by atoms with E-state index in [1.807, 2.05) is 31.2 Å². The molecule has 0 N–H and O–H groups in total. The summed E-state index contributed by atoms with van der Waals surface area (Å²) in [6, 6.07) is 7.43. The van der Waals surface area contributed by atoms with Crippen LogP contribution in [0.25, 0.3) is 0 Å². The Morgan fingerprint density at radius 1 is 1.41 bits per heavy atom. The van der Waals surface area contributed by atoms with Crippen molar-refractivity contribution in [2.75, 3.05) is 6.61 Å². The number of halogens is 1. The van der Waals surface area contributed by atoms with E-state index < -0.39 is 0 Å². The van der Waals surface area contributed by atoms with Crippen molar-refractivity contribution in [3.05, 3.63) is 34.9 Å². The first-order chi connectivity index (χ1) is 8.20. The van der Waals surface area contributed by atoms with Crippen LogP contribution in [0.2, 0.25) is 5.02 Å². The maximum Gasteiger partial charge on any atom is 0.166 e. The lowest BCUT2D eigenvalue weighted by atomic mass is 10.0. The Kier molecular flexibility index (Phi) is 4.19. The van der Waals surface area contributed by atoms with E-state index in [0.717, 1.165) is 18.4 Å². The molecule has 0 bridgehead atoms. The molecule has 3 heteroatoms. The number of carbonyl (C=O) groups excluding carboxylic acids is 1. The van der Waals surface area contributed by atoms with E-state index in [9.17, 15) is 4.79 Å². The molecular formula is C14H17ClO2. The highest BCUT2D eigenvalue weighted by molar-refractivity contribution is 6.30. The molecular weight excluding hydrogens is 236 g/mol. The van der Waals surface area contributed by atoms with Crippen LogP contribution in [0.4, 0.5) is 0 Å². The normalized spacial score (nSPS) is 16.8. The fourth-order valence-corrected chi connectivity index (χ4v) is 2.10. The summed E-state index contributed by atoms with van der Waals surface area (Å²) in [4.78, 5) is 12.1. The first-order valence-electron chi connectivity index (χ1n) is 6.09. The van der Waals surface area contributed by atoms with Crippen LogP contribution in [-0.4, -0.2) is 18.5 Å². The van der Waals surface area contributed by atoms with Crippen LogP contribution in [0.5, 0.6) is 0 Å². The Bertz CT molecular complexity index is 382. The van der Waals surface area contributed by atoms with Gasteiger partial charge in [0.1, 0.15) is 6.10 Å². The predicted octanol–water partition coefficient (Wildman–Crippen LogP) is 3.27. The zero-order valence-electron chi connectivity index (χ0n) is 9.99. The molecule has 0 spiro atoms. The van der Waals surface area contributed by atoms with Gasteiger partial charge in [0.25, 0.3) is 0 Å². The van der Waals surface area contributed by atoms with E-state index in [0.29, 0.717) is 24.0 Å². The van der Waals surface area contributed by atoms with Crippen LogP contribution in [-0.2, 0) is 16.0 Å². The van der Waals surface area contributed by atoms with Crippen molar-refractivity contribution in [3.8, 4) is 0 Å².